The number of hydrogen-bond donors (Lipinski definition) is 5. The summed E-state index contributed by atoms with van der Waals surface area (Å²) in [7, 11) is -1.87. The molecular formula is C10H16N6O7S. The molecule has 0 aliphatic carbocycles. The first-order valence-electron chi connectivity index (χ1n) is 6.49. The number of carbonyl (C=O) groups is 1. The highest BCUT2D eigenvalue weighted by Gasteiger charge is 2.41. The summed E-state index contributed by atoms with van der Waals surface area (Å²) < 4.78 is 35.6. The number of nitrogens with one attached hydrogen (secondary N) is 2. The highest BCUT2D eigenvalue weighted by atomic mass is 32.3. The number of amides is 1. The van der Waals surface area contributed by atoms with E-state index in [1.807, 2.05) is 5.48 Å². The molecule has 0 radical (unpaired) electrons. The molecule has 2 atom stereocenters. The van der Waals surface area contributed by atoms with Gasteiger partial charge in [-0.25, -0.2) is 4.79 Å². The van der Waals surface area contributed by atoms with Crippen LogP contribution in [0.3, 0.4) is 0 Å². The molecular weight excluding hydrogens is 348 g/mol. The number of nitrogens with zero attached hydrogens (tertiary/aromatic N) is 4. The molecule has 2 rings (SSSR count). The van der Waals surface area contributed by atoms with Crippen LogP contribution in [-0.4, -0.2) is 63.5 Å². The van der Waals surface area contributed by atoms with Crippen molar-refractivity contribution in [2.75, 3.05) is 13.6 Å². The topological polar surface area (TPSA) is 179 Å². The van der Waals surface area contributed by atoms with E-state index in [0.717, 1.165) is 4.90 Å². The minimum Gasteiger partial charge on any atom is -0.465 e. The predicted octanol–water partition coefficient (Wildman–Crippen LogP) is -1.17. The van der Waals surface area contributed by atoms with Crippen molar-refractivity contribution < 1.29 is 32.4 Å². The third-order valence-electron chi connectivity index (χ3n) is 3.50. The van der Waals surface area contributed by atoms with Crippen LogP contribution in [0.1, 0.15) is 23.3 Å². The second-order valence-corrected chi connectivity index (χ2v) is 5.87. The second kappa shape index (κ2) is 6.70. The monoisotopic (exact) mass is 364 g/mol. The highest BCUT2D eigenvalue weighted by Crippen LogP contribution is 2.35. The minimum atomic E-state index is -4.78. The Hall–Kier alpha value is -2.26. The van der Waals surface area contributed by atoms with E-state index in [2.05, 4.69) is 19.9 Å². The molecule has 1 aromatic rings. The van der Waals surface area contributed by atoms with Gasteiger partial charge in [0.25, 0.3) is 0 Å². The SMILES string of the molecule is CN=C(NO)C1c2c(cnn2C)C(NOS(=O)(=O)O)CN1C(=O)O. The maximum atomic E-state index is 11.6. The Morgan fingerprint density at radius 1 is 1.54 bits per heavy atom. The van der Waals surface area contributed by atoms with Crippen LogP contribution in [0, 0.1) is 0 Å². The molecule has 0 bridgehead atoms. The molecule has 14 heteroatoms. The van der Waals surface area contributed by atoms with Gasteiger partial charge in [-0.3, -0.25) is 29.8 Å². The summed E-state index contributed by atoms with van der Waals surface area (Å²) in [6, 6.07) is -1.93. The van der Waals surface area contributed by atoms with Crippen LogP contribution in [0.4, 0.5) is 4.79 Å². The zero-order valence-electron chi connectivity index (χ0n) is 12.6. The van der Waals surface area contributed by atoms with Crippen molar-refractivity contribution in [1.29, 1.82) is 0 Å². The van der Waals surface area contributed by atoms with Gasteiger partial charge in [0.1, 0.15) is 11.9 Å². The van der Waals surface area contributed by atoms with E-state index in [1.54, 1.807) is 7.05 Å². The molecule has 1 aliphatic heterocycles. The molecule has 2 unspecified atom stereocenters. The van der Waals surface area contributed by atoms with Gasteiger partial charge in [-0.15, -0.1) is 0 Å². The fourth-order valence-corrected chi connectivity index (χ4v) is 2.77. The van der Waals surface area contributed by atoms with Crippen LogP contribution in [0.25, 0.3) is 0 Å². The van der Waals surface area contributed by atoms with Crippen LogP contribution in [-0.2, 0) is 21.7 Å². The molecule has 0 fully saturated rings. The number of aryl methyl sites for hydroxylation is 1. The van der Waals surface area contributed by atoms with Crippen molar-refractivity contribution in [3.8, 4) is 0 Å². The van der Waals surface area contributed by atoms with Gasteiger partial charge < -0.3 is 5.11 Å². The zero-order valence-corrected chi connectivity index (χ0v) is 13.4. The van der Waals surface area contributed by atoms with E-state index in [1.165, 1.54) is 17.9 Å². The van der Waals surface area contributed by atoms with E-state index in [4.69, 9.17) is 4.55 Å². The van der Waals surface area contributed by atoms with Crippen LogP contribution >= 0.6 is 0 Å². The first-order valence-corrected chi connectivity index (χ1v) is 7.85. The van der Waals surface area contributed by atoms with Gasteiger partial charge in [-0.1, -0.05) is 0 Å². The number of carboxylic acid groups (broad SMARTS) is 1. The molecule has 24 heavy (non-hydrogen) atoms. The summed E-state index contributed by atoms with van der Waals surface area (Å²) in [6.07, 6.45) is 0.0407. The van der Waals surface area contributed by atoms with Gasteiger partial charge >= 0.3 is 16.5 Å². The number of hydrogen-bond acceptors (Lipinski definition) is 8. The Morgan fingerprint density at radius 3 is 2.71 bits per heavy atom. The Labute approximate surface area is 136 Å². The van der Waals surface area contributed by atoms with Crippen molar-refractivity contribution in [3.63, 3.8) is 0 Å². The molecule has 5 N–H and O–H groups in total. The molecule has 0 aromatic carbocycles. The van der Waals surface area contributed by atoms with Gasteiger partial charge in [-0.2, -0.15) is 23.3 Å². The molecule has 0 saturated carbocycles. The largest absolute Gasteiger partial charge is 0.465 e. The van der Waals surface area contributed by atoms with E-state index in [9.17, 15) is 23.5 Å². The van der Waals surface area contributed by atoms with Crippen LogP contribution in [0.2, 0.25) is 0 Å². The predicted molar refractivity (Wildman–Crippen MR) is 77.5 cm³/mol. The zero-order chi connectivity index (χ0) is 18.1. The highest BCUT2D eigenvalue weighted by molar-refractivity contribution is 7.80. The van der Waals surface area contributed by atoms with Crippen molar-refractivity contribution in [3.05, 3.63) is 17.5 Å². The average Bonchev–Trinajstić information content (AvgIpc) is 2.88. The maximum Gasteiger partial charge on any atom is 0.413 e. The van der Waals surface area contributed by atoms with Gasteiger partial charge in [-0.05, 0) is 0 Å². The summed E-state index contributed by atoms with van der Waals surface area (Å²) in [6.45, 7) is -0.255. The number of rotatable bonds is 4. The van der Waals surface area contributed by atoms with Crippen molar-refractivity contribution in [2.45, 2.75) is 12.1 Å². The average molecular weight is 364 g/mol. The second-order valence-electron chi connectivity index (χ2n) is 4.85. The Kier molecular flexibility index (Phi) is 5.05. The lowest BCUT2D eigenvalue weighted by Crippen LogP contribution is -2.50. The summed E-state index contributed by atoms with van der Waals surface area (Å²) in [5.41, 5.74) is 4.70. The van der Waals surface area contributed by atoms with Crippen molar-refractivity contribution in [1.82, 2.24) is 25.6 Å². The summed E-state index contributed by atoms with van der Waals surface area (Å²) in [4.78, 5) is 16.3. The lowest BCUT2D eigenvalue weighted by atomic mass is 9.95. The Balaban J connectivity index is 2.49. The normalized spacial score (nSPS) is 21.5. The first-order chi connectivity index (χ1) is 11.2. The van der Waals surface area contributed by atoms with E-state index in [-0.39, 0.29) is 12.4 Å². The van der Waals surface area contributed by atoms with Crippen molar-refractivity contribution >= 4 is 22.3 Å². The maximum absolute atomic E-state index is 11.6. The number of aliphatic imine (C=N–C) groups is 1. The molecule has 1 aliphatic rings. The summed E-state index contributed by atoms with van der Waals surface area (Å²) in [5, 5.41) is 22.7. The minimum absolute atomic E-state index is 0.0450. The summed E-state index contributed by atoms with van der Waals surface area (Å²) >= 11 is 0. The third kappa shape index (κ3) is 3.46. The number of aromatic nitrogens is 2. The smallest absolute Gasteiger partial charge is 0.413 e. The van der Waals surface area contributed by atoms with Crippen molar-refractivity contribution in [2.24, 2.45) is 12.0 Å². The number of fused-ring (bicyclic) bond motifs is 1. The fourth-order valence-electron chi connectivity index (χ4n) is 2.53. The van der Waals surface area contributed by atoms with Crippen LogP contribution in [0.5, 0.6) is 0 Å². The fraction of sp³-hybridized carbons (Fsp3) is 0.500. The van der Waals surface area contributed by atoms with E-state index < -0.39 is 28.6 Å². The number of hydroxylamine groups is 2. The summed E-state index contributed by atoms with van der Waals surface area (Å²) in [5.74, 6) is -0.0450. The van der Waals surface area contributed by atoms with Crippen LogP contribution < -0.4 is 11.0 Å². The lowest BCUT2D eigenvalue weighted by molar-refractivity contribution is 0.0842. The molecule has 1 aromatic heterocycles. The third-order valence-corrected chi connectivity index (χ3v) is 3.80. The molecule has 134 valence electrons. The molecule has 1 amide bonds. The van der Waals surface area contributed by atoms with E-state index in [0.29, 0.717) is 11.3 Å². The molecule has 13 nitrogen and oxygen atoms in total. The molecule has 2 heterocycles. The van der Waals surface area contributed by atoms with Gasteiger partial charge in [0.05, 0.1) is 17.9 Å². The van der Waals surface area contributed by atoms with Gasteiger partial charge in [0.15, 0.2) is 0 Å². The molecule has 0 saturated heterocycles. The first kappa shape index (κ1) is 18.1. The Morgan fingerprint density at radius 2 is 2.21 bits per heavy atom. The van der Waals surface area contributed by atoms with E-state index >= 15 is 0 Å². The quantitative estimate of drug-likeness (QED) is 0.189. The van der Waals surface area contributed by atoms with Gasteiger partial charge in [0.2, 0.25) is 0 Å². The Bertz CT molecular complexity index is 760. The lowest BCUT2D eigenvalue weighted by Gasteiger charge is -2.37. The van der Waals surface area contributed by atoms with Crippen LogP contribution in [0.15, 0.2) is 11.2 Å². The van der Waals surface area contributed by atoms with Gasteiger partial charge in [0, 0.05) is 26.2 Å². The standard InChI is InChI=1S/C10H16N6O7S/c1-11-9(13-19)8-7-5(3-12-15(7)2)6(4-16(8)10(17)18)14-23-24(20,21)22/h3,6,8,14,19H,4H2,1-2H3,(H,11,13)(H,17,18)(H,20,21,22). The molecule has 0 spiro atoms. The number of amidine groups is 1.